The number of nitrogens with one attached hydrogen (secondary N) is 2. The fraction of sp³-hybridized carbons (Fsp3) is 0.440. The molecular weight excluding hydrogens is 557 g/mol. The van der Waals surface area contributed by atoms with Gasteiger partial charge in [-0.2, -0.15) is 5.10 Å². The molecule has 2 saturated carbocycles. The van der Waals surface area contributed by atoms with E-state index in [1.807, 2.05) is 6.07 Å². The number of aromatic nitrogens is 6. The number of nitrogens with zero attached hydrogens (tertiary/aromatic N) is 6. The highest BCUT2D eigenvalue weighted by Crippen LogP contribution is 2.36. The van der Waals surface area contributed by atoms with Crippen molar-refractivity contribution in [2.45, 2.75) is 62.5 Å². The minimum atomic E-state index is -3.45. The van der Waals surface area contributed by atoms with Gasteiger partial charge in [-0.1, -0.05) is 0 Å². The summed E-state index contributed by atoms with van der Waals surface area (Å²) in [7, 11) is 1.26. The lowest BCUT2D eigenvalue weighted by Crippen LogP contribution is -2.41. The number of rotatable bonds is 6. The number of carbonyl (C=O) groups is 2. The minimum absolute atomic E-state index is 0.00493. The molecule has 0 aromatic carbocycles. The summed E-state index contributed by atoms with van der Waals surface area (Å²) in [4.78, 5) is 42.4. The van der Waals surface area contributed by atoms with E-state index in [0.29, 0.717) is 54.0 Å². The number of nitrogens with two attached hydrogens (primary N) is 1. The van der Waals surface area contributed by atoms with Crippen LogP contribution >= 0.6 is 0 Å². The van der Waals surface area contributed by atoms with E-state index >= 15 is 0 Å². The second kappa shape index (κ2) is 11.3. The molecule has 2 aliphatic rings. The second-order valence-electron chi connectivity index (χ2n) is 10.1. The van der Waals surface area contributed by atoms with Crippen molar-refractivity contribution in [2.75, 3.05) is 12.4 Å². The Bertz CT molecular complexity index is 1670. The summed E-state index contributed by atoms with van der Waals surface area (Å²) >= 11 is 0. The van der Waals surface area contributed by atoms with Crippen molar-refractivity contribution in [3.8, 4) is 0 Å². The fourth-order valence-electron chi connectivity index (χ4n) is 5.49. The summed E-state index contributed by atoms with van der Waals surface area (Å²) in [5, 5.41) is 40.8. The molecule has 4 aromatic rings. The quantitative estimate of drug-likeness (QED) is 0.134. The number of hydrogen-bond acceptors (Lipinski definition) is 11. The third kappa shape index (κ3) is 5.48. The first-order valence-corrected chi connectivity index (χ1v) is 13.1. The number of alkyl halides is 1. The molecule has 4 aromatic heterocycles. The molecule has 0 radical (unpaired) electrons. The fourth-order valence-corrected chi connectivity index (χ4v) is 5.49. The molecule has 0 aliphatic heterocycles. The van der Waals surface area contributed by atoms with Gasteiger partial charge in [-0.05, 0) is 31.4 Å². The number of halogens is 1. The molecular formula is C25H30FN9O7. The number of fused-ring (bicyclic) bond motifs is 2. The molecule has 0 bridgehead atoms. The van der Waals surface area contributed by atoms with Gasteiger partial charge in [0.2, 0.25) is 6.41 Å². The number of hydrogen-bond donors (Lipinski definition) is 6. The van der Waals surface area contributed by atoms with Crippen molar-refractivity contribution >= 4 is 46.2 Å². The Kier molecular flexibility index (Phi) is 7.81. The lowest BCUT2D eigenvalue weighted by Gasteiger charge is -2.29. The first-order chi connectivity index (χ1) is 20.0. The topological polar surface area (TPSA) is 225 Å². The van der Waals surface area contributed by atoms with E-state index < -0.39 is 30.1 Å². The Labute approximate surface area is 236 Å². The first-order valence-electron chi connectivity index (χ1n) is 13.1. The maximum Gasteiger partial charge on any atom is 0.407 e. The van der Waals surface area contributed by atoms with Gasteiger partial charge in [0.05, 0.1) is 36.6 Å². The minimum Gasteiger partial charge on any atom is -0.453 e. The number of pyridine rings is 2. The molecule has 2 fully saturated rings. The monoisotopic (exact) mass is 587 g/mol. The summed E-state index contributed by atoms with van der Waals surface area (Å²) in [5.74, 6) is 0.741. The summed E-state index contributed by atoms with van der Waals surface area (Å²) in [5.41, 5.74) is 4.20. The van der Waals surface area contributed by atoms with Crippen LogP contribution in [0.3, 0.4) is 0 Å². The third-order valence-corrected chi connectivity index (χ3v) is 7.44. The number of imidazole rings is 1. The van der Waals surface area contributed by atoms with Gasteiger partial charge in [-0.25, -0.2) is 33.2 Å². The molecule has 7 N–H and O–H groups in total. The van der Waals surface area contributed by atoms with Gasteiger partial charge in [0, 0.05) is 36.4 Å². The van der Waals surface area contributed by atoms with Crippen molar-refractivity contribution < 1.29 is 34.0 Å². The normalized spacial score (nSPS) is 21.8. The number of alkyl carbamates (subject to hydrolysis) is 1. The summed E-state index contributed by atoms with van der Waals surface area (Å²) < 4.78 is 21.6. The lowest BCUT2D eigenvalue weighted by atomic mass is 9.91. The largest absolute Gasteiger partial charge is 0.453 e. The standard InChI is InChI=1S/C24H27FN8O6.CH3NO/c1-39-22(34)28-14-3-4-15(8-14)31-17-9-20(26-11-18(17)32(23(31)35)24(36,37)38)29-19-5-2-12-10-27-33(21(12)30-19)16-6-13(25)7-16;2-1-3/h2,5,9-11,13-16,36-38H,3-4,6-8H2,1H3,(H,28,34)(H,26,29,30);1H,(H2,2,3). The van der Waals surface area contributed by atoms with Gasteiger partial charge >= 0.3 is 17.9 Å². The molecule has 42 heavy (non-hydrogen) atoms. The van der Waals surface area contributed by atoms with Crippen LogP contribution in [0.25, 0.3) is 22.1 Å². The molecule has 2 amide bonds. The maximum absolute atomic E-state index is 13.4. The van der Waals surface area contributed by atoms with Crippen molar-refractivity contribution in [3.05, 3.63) is 41.1 Å². The number of methoxy groups -OCH3 is 1. The Balaban J connectivity index is 0.00000113. The summed E-state index contributed by atoms with van der Waals surface area (Å²) in [6.07, 6.45) is 0.545. The summed E-state index contributed by atoms with van der Waals surface area (Å²) in [6.45, 7) is 0. The molecule has 224 valence electrons. The van der Waals surface area contributed by atoms with E-state index in [9.17, 15) is 29.3 Å². The van der Waals surface area contributed by atoms with Crippen LogP contribution in [0.4, 0.5) is 20.8 Å². The highest BCUT2D eigenvalue weighted by molar-refractivity contribution is 5.81. The average molecular weight is 588 g/mol. The molecule has 16 nitrogen and oxygen atoms in total. The molecule has 2 unspecified atom stereocenters. The molecule has 17 heteroatoms. The smallest absolute Gasteiger partial charge is 0.407 e. The Morgan fingerprint density at radius 3 is 2.55 bits per heavy atom. The molecule has 6 rings (SSSR count). The second-order valence-corrected chi connectivity index (χ2v) is 10.1. The van der Waals surface area contributed by atoms with Gasteiger partial charge in [-0.15, -0.1) is 0 Å². The Morgan fingerprint density at radius 2 is 1.88 bits per heavy atom. The van der Waals surface area contributed by atoms with Gasteiger partial charge in [0.1, 0.15) is 17.8 Å². The van der Waals surface area contributed by atoms with E-state index in [4.69, 9.17) is 4.79 Å². The Hall–Kier alpha value is -4.61. The van der Waals surface area contributed by atoms with Crippen LogP contribution in [0.5, 0.6) is 0 Å². The van der Waals surface area contributed by atoms with E-state index in [1.165, 1.54) is 17.9 Å². The van der Waals surface area contributed by atoms with Crippen molar-refractivity contribution in [1.29, 1.82) is 0 Å². The van der Waals surface area contributed by atoms with Gasteiger partial charge < -0.3 is 36.4 Å². The van der Waals surface area contributed by atoms with Crippen LogP contribution in [-0.2, 0) is 15.6 Å². The maximum atomic E-state index is 13.4. The predicted molar refractivity (Wildman–Crippen MR) is 145 cm³/mol. The number of carbonyl (C=O) groups excluding carboxylic acids is 2. The van der Waals surface area contributed by atoms with Crippen LogP contribution in [0.2, 0.25) is 0 Å². The van der Waals surface area contributed by atoms with Crippen LogP contribution in [0, 0.1) is 0 Å². The van der Waals surface area contributed by atoms with Gasteiger partial charge in [-0.3, -0.25) is 9.36 Å². The van der Waals surface area contributed by atoms with Gasteiger partial charge in [0.15, 0.2) is 5.65 Å². The molecule has 0 spiro atoms. The Morgan fingerprint density at radius 1 is 1.14 bits per heavy atom. The van der Waals surface area contributed by atoms with E-state index in [1.54, 1.807) is 23.0 Å². The van der Waals surface area contributed by atoms with E-state index in [0.717, 1.165) is 5.39 Å². The number of primary amides is 1. The van der Waals surface area contributed by atoms with Gasteiger partial charge in [0.25, 0.3) is 0 Å². The van der Waals surface area contributed by atoms with Crippen LogP contribution < -0.4 is 22.1 Å². The molecule has 4 heterocycles. The number of aliphatic hydroxyl groups is 3. The van der Waals surface area contributed by atoms with E-state index in [2.05, 4.69) is 36.2 Å². The zero-order chi connectivity index (χ0) is 30.2. The zero-order valence-electron chi connectivity index (χ0n) is 22.4. The van der Waals surface area contributed by atoms with Crippen molar-refractivity contribution in [3.63, 3.8) is 0 Å². The van der Waals surface area contributed by atoms with Crippen LogP contribution in [0.1, 0.15) is 44.2 Å². The van der Waals surface area contributed by atoms with E-state index in [-0.39, 0.29) is 29.5 Å². The van der Waals surface area contributed by atoms with Crippen LogP contribution in [-0.4, -0.2) is 76.0 Å². The zero-order valence-corrected chi connectivity index (χ0v) is 22.4. The highest BCUT2D eigenvalue weighted by Gasteiger charge is 2.35. The highest BCUT2D eigenvalue weighted by atomic mass is 19.1. The van der Waals surface area contributed by atoms with Crippen LogP contribution in [0.15, 0.2) is 35.4 Å². The number of ether oxygens (including phenoxy) is 1. The predicted octanol–water partition coefficient (Wildman–Crippen LogP) is 0.455. The SMILES string of the molecule is COC(=O)NC1CCC(n2c(=O)n(C(O)(O)O)c3cnc(Nc4ccc5cnn(C6CC(F)C6)c5n4)cc32)C1.NC=O. The first kappa shape index (κ1) is 28.9. The number of amides is 2. The molecule has 2 aliphatic carbocycles. The van der Waals surface area contributed by atoms with Crippen molar-refractivity contribution in [1.82, 2.24) is 34.2 Å². The molecule has 0 saturated heterocycles. The number of anilines is 2. The third-order valence-electron chi connectivity index (χ3n) is 7.44. The van der Waals surface area contributed by atoms with Crippen molar-refractivity contribution in [2.24, 2.45) is 5.73 Å². The lowest BCUT2D eigenvalue weighted by molar-refractivity contribution is -0.374. The summed E-state index contributed by atoms with van der Waals surface area (Å²) in [6, 6.07) is 4.39. The molecule has 2 atom stereocenters. The average Bonchev–Trinajstić information content (AvgIpc) is 3.61.